The second-order valence-electron chi connectivity index (χ2n) is 7.12. The van der Waals surface area contributed by atoms with Gasteiger partial charge in [0.2, 0.25) is 0 Å². The SMILES string of the molecule is Cc1ccc(C(=O)N2CCN3C[C@@H](C(=O)O)CN(C)C[C@H]3C2)cc1F. The van der Waals surface area contributed by atoms with Gasteiger partial charge in [-0.15, -0.1) is 0 Å². The summed E-state index contributed by atoms with van der Waals surface area (Å²) in [5, 5.41) is 9.36. The molecule has 2 saturated heterocycles. The summed E-state index contributed by atoms with van der Waals surface area (Å²) in [5.41, 5.74) is 0.883. The summed E-state index contributed by atoms with van der Waals surface area (Å²) >= 11 is 0. The molecular weight excluding hydrogens is 325 g/mol. The van der Waals surface area contributed by atoms with Crippen molar-refractivity contribution in [3.05, 3.63) is 35.1 Å². The number of aryl methyl sites for hydroxylation is 1. The van der Waals surface area contributed by atoms with Crippen LogP contribution in [0.5, 0.6) is 0 Å². The minimum Gasteiger partial charge on any atom is -0.481 e. The maximum atomic E-state index is 13.8. The van der Waals surface area contributed by atoms with Crippen molar-refractivity contribution in [2.45, 2.75) is 13.0 Å². The number of benzene rings is 1. The number of carboxylic acids is 1. The Morgan fingerprint density at radius 3 is 2.60 bits per heavy atom. The molecule has 0 radical (unpaired) electrons. The van der Waals surface area contributed by atoms with Crippen molar-refractivity contribution in [3.63, 3.8) is 0 Å². The van der Waals surface area contributed by atoms with E-state index in [1.165, 1.54) is 6.07 Å². The number of carbonyl (C=O) groups is 2. The molecule has 3 rings (SSSR count). The number of rotatable bonds is 2. The number of hydrogen-bond acceptors (Lipinski definition) is 4. The van der Waals surface area contributed by atoms with Gasteiger partial charge in [0.15, 0.2) is 0 Å². The Balaban J connectivity index is 1.72. The standard InChI is InChI=1S/C18H24FN3O3/c1-12-3-4-13(7-16(12)19)17(23)22-6-5-21-9-14(18(24)25)8-20(2)10-15(21)11-22/h3-4,7,14-15H,5-6,8-11H2,1-2H3,(H,24,25)/t14-,15-/m0/s1. The minimum absolute atomic E-state index is 0.0994. The molecule has 2 fully saturated rings. The van der Waals surface area contributed by atoms with Crippen LogP contribution in [0.4, 0.5) is 4.39 Å². The molecule has 2 atom stereocenters. The van der Waals surface area contributed by atoms with E-state index in [1.807, 2.05) is 11.9 Å². The van der Waals surface area contributed by atoms with E-state index < -0.39 is 11.9 Å². The van der Waals surface area contributed by atoms with Gasteiger partial charge in [0.25, 0.3) is 5.91 Å². The summed E-state index contributed by atoms with van der Waals surface area (Å²) in [7, 11) is 1.91. The molecule has 2 heterocycles. The maximum Gasteiger partial charge on any atom is 0.309 e. The summed E-state index contributed by atoms with van der Waals surface area (Å²) in [4.78, 5) is 30.0. The Morgan fingerprint density at radius 1 is 1.16 bits per heavy atom. The van der Waals surface area contributed by atoms with Crippen LogP contribution in [0.2, 0.25) is 0 Å². The molecular formula is C18H24FN3O3. The predicted octanol–water partition coefficient (Wildman–Crippen LogP) is 0.907. The van der Waals surface area contributed by atoms with Gasteiger partial charge in [0, 0.05) is 50.9 Å². The molecule has 0 saturated carbocycles. The van der Waals surface area contributed by atoms with Crippen molar-refractivity contribution >= 4 is 11.9 Å². The van der Waals surface area contributed by atoms with Crippen LogP contribution in [-0.4, -0.2) is 84.0 Å². The molecule has 0 spiro atoms. The largest absolute Gasteiger partial charge is 0.481 e. The van der Waals surface area contributed by atoms with Crippen LogP contribution in [0.25, 0.3) is 0 Å². The number of nitrogens with zero attached hydrogens (tertiary/aromatic N) is 3. The molecule has 0 aromatic heterocycles. The van der Waals surface area contributed by atoms with E-state index in [1.54, 1.807) is 24.0 Å². The zero-order valence-electron chi connectivity index (χ0n) is 14.6. The fourth-order valence-corrected chi connectivity index (χ4v) is 3.71. The molecule has 2 aliphatic rings. The number of piperazine rings is 1. The van der Waals surface area contributed by atoms with Gasteiger partial charge in [0.05, 0.1) is 5.92 Å². The average molecular weight is 349 g/mol. The van der Waals surface area contributed by atoms with E-state index in [2.05, 4.69) is 4.90 Å². The molecule has 1 aromatic carbocycles. The summed E-state index contributed by atoms with van der Waals surface area (Å²) in [5.74, 6) is -1.73. The highest BCUT2D eigenvalue weighted by Gasteiger charge is 2.36. The molecule has 1 N–H and O–H groups in total. The first-order valence-corrected chi connectivity index (χ1v) is 8.56. The van der Waals surface area contributed by atoms with Crippen molar-refractivity contribution in [1.82, 2.24) is 14.7 Å². The number of amides is 1. The minimum atomic E-state index is -0.777. The first kappa shape index (κ1) is 17.8. The van der Waals surface area contributed by atoms with Crippen LogP contribution in [0, 0.1) is 18.7 Å². The Labute approximate surface area is 146 Å². The van der Waals surface area contributed by atoms with Crippen LogP contribution in [0.1, 0.15) is 15.9 Å². The zero-order chi connectivity index (χ0) is 18.1. The smallest absolute Gasteiger partial charge is 0.309 e. The van der Waals surface area contributed by atoms with Crippen molar-refractivity contribution in [3.8, 4) is 0 Å². The lowest BCUT2D eigenvalue weighted by molar-refractivity contribution is -0.142. The molecule has 25 heavy (non-hydrogen) atoms. The van der Waals surface area contributed by atoms with Crippen molar-refractivity contribution in [2.24, 2.45) is 5.92 Å². The summed E-state index contributed by atoms with van der Waals surface area (Å²) < 4.78 is 13.8. The van der Waals surface area contributed by atoms with Crippen molar-refractivity contribution in [2.75, 3.05) is 46.3 Å². The summed E-state index contributed by atoms with van der Waals surface area (Å²) in [6.45, 7) is 5.11. The lowest BCUT2D eigenvalue weighted by Crippen LogP contribution is -2.57. The van der Waals surface area contributed by atoms with Gasteiger partial charge in [-0.2, -0.15) is 0 Å². The van der Waals surface area contributed by atoms with Gasteiger partial charge in [-0.1, -0.05) is 6.07 Å². The fraction of sp³-hybridized carbons (Fsp3) is 0.556. The van der Waals surface area contributed by atoms with Crippen LogP contribution >= 0.6 is 0 Å². The molecule has 1 aromatic rings. The maximum absolute atomic E-state index is 13.8. The fourth-order valence-electron chi connectivity index (χ4n) is 3.71. The molecule has 0 unspecified atom stereocenters. The van der Waals surface area contributed by atoms with E-state index in [0.717, 1.165) is 6.54 Å². The van der Waals surface area contributed by atoms with Crippen molar-refractivity contribution in [1.29, 1.82) is 0 Å². The van der Waals surface area contributed by atoms with Gasteiger partial charge in [-0.3, -0.25) is 14.5 Å². The Kier molecular flexibility index (Phi) is 5.06. The number of carbonyl (C=O) groups excluding carboxylic acids is 1. The second-order valence-corrected chi connectivity index (χ2v) is 7.12. The highest BCUT2D eigenvalue weighted by Crippen LogP contribution is 2.20. The zero-order valence-corrected chi connectivity index (χ0v) is 14.6. The first-order chi connectivity index (χ1) is 11.8. The van der Waals surface area contributed by atoms with Gasteiger partial charge < -0.3 is 14.9 Å². The number of halogens is 1. The Hall–Kier alpha value is -1.99. The van der Waals surface area contributed by atoms with E-state index in [9.17, 15) is 19.1 Å². The van der Waals surface area contributed by atoms with Crippen molar-refractivity contribution < 1.29 is 19.1 Å². The number of hydrogen-bond donors (Lipinski definition) is 1. The molecule has 0 bridgehead atoms. The number of likely N-dealkylation sites (N-methyl/N-ethyl adjacent to an activating group) is 1. The van der Waals surface area contributed by atoms with E-state index in [0.29, 0.717) is 43.9 Å². The Morgan fingerprint density at radius 2 is 1.92 bits per heavy atom. The third-order valence-corrected chi connectivity index (χ3v) is 5.17. The lowest BCUT2D eigenvalue weighted by Gasteiger charge is -2.41. The van der Waals surface area contributed by atoms with Gasteiger partial charge in [0.1, 0.15) is 5.82 Å². The van der Waals surface area contributed by atoms with E-state index in [4.69, 9.17) is 0 Å². The third-order valence-electron chi connectivity index (χ3n) is 5.17. The second kappa shape index (κ2) is 7.09. The summed E-state index contributed by atoms with van der Waals surface area (Å²) in [6, 6.07) is 4.68. The quantitative estimate of drug-likeness (QED) is 0.860. The monoisotopic (exact) mass is 349 g/mol. The van der Waals surface area contributed by atoms with Crippen LogP contribution in [0.15, 0.2) is 18.2 Å². The van der Waals surface area contributed by atoms with Crippen LogP contribution in [0.3, 0.4) is 0 Å². The lowest BCUT2D eigenvalue weighted by atomic mass is 10.1. The van der Waals surface area contributed by atoms with Gasteiger partial charge >= 0.3 is 5.97 Å². The molecule has 6 nitrogen and oxygen atoms in total. The number of carboxylic acid groups (broad SMARTS) is 1. The number of aliphatic carboxylic acids is 1. The van der Waals surface area contributed by atoms with Gasteiger partial charge in [-0.25, -0.2) is 4.39 Å². The molecule has 1 amide bonds. The highest BCUT2D eigenvalue weighted by atomic mass is 19.1. The topological polar surface area (TPSA) is 64.1 Å². The normalized spacial score (nSPS) is 25.3. The highest BCUT2D eigenvalue weighted by molar-refractivity contribution is 5.94. The molecule has 0 aliphatic carbocycles. The van der Waals surface area contributed by atoms with Crippen LogP contribution < -0.4 is 0 Å². The predicted molar refractivity (Wildman–Crippen MR) is 91.0 cm³/mol. The third kappa shape index (κ3) is 3.82. The van der Waals surface area contributed by atoms with E-state index >= 15 is 0 Å². The summed E-state index contributed by atoms with van der Waals surface area (Å²) in [6.07, 6.45) is 0. The average Bonchev–Trinajstić information content (AvgIpc) is 2.74. The Bertz CT molecular complexity index is 682. The van der Waals surface area contributed by atoms with Crippen LogP contribution in [-0.2, 0) is 4.79 Å². The molecule has 2 aliphatic heterocycles. The van der Waals surface area contributed by atoms with Gasteiger partial charge in [-0.05, 0) is 31.7 Å². The number of fused-ring (bicyclic) bond motifs is 1. The van der Waals surface area contributed by atoms with E-state index in [-0.39, 0.29) is 17.8 Å². The molecule has 136 valence electrons. The first-order valence-electron chi connectivity index (χ1n) is 8.56. The molecule has 7 heteroatoms.